The SMILES string of the molecule is Nc1ncccn1.c1cnc2[nH]ccc2c1. The van der Waals surface area contributed by atoms with Crippen LogP contribution < -0.4 is 5.73 Å². The molecule has 0 atom stereocenters. The number of nitrogens with one attached hydrogen (secondary N) is 1. The molecule has 3 aromatic heterocycles. The van der Waals surface area contributed by atoms with Crippen molar-refractivity contribution in [1.29, 1.82) is 0 Å². The summed E-state index contributed by atoms with van der Waals surface area (Å²) in [5, 5.41) is 1.16. The summed E-state index contributed by atoms with van der Waals surface area (Å²) in [4.78, 5) is 14.4. The molecule has 5 nitrogen and oxygen atoms in total. The van der Waals surface area contributed by atoms with E-state index in [1.54, 1.807) is 24.7 Å². The van der Waals surface area contributed by atoms with Gasteiger partial charge < -0.3 is 10.7 Å². The van der Waals surface area contributed by atoms with Crippen molar-refractivity contribution < 1.29 is 0 Å². The largest absolute Gasteiger partial charge is 0.368 e. The molecule has 0 radical (unpaired) electrons. The molecular formula is C11H11N5. The van der Waals surface area contributed by atoms with Crippen molar-refractivity contribution in [3.8, 4) is 0 Å². The van der Waals surface area contributed by atoms with Gasteiger partial charge in [0.25, 0.3) is 0 Å². The van der Waals surface area contributed by atoms with Gasteiger partial charge in [0.05, 0.1) is 0 Å². The first-order valence-corrected chi connectivity index (χ1v) is 4.77. The maximum atomic E-state index is 5.14. The summed E-state index contributed by atoms with van der Waals surface area (Å²) < 4.78 is 0. The number of aromatic amines is 1. The summed E-state index contributed by atoms with van der Waals surface area (Å²) in [6, 6.07) is 7.67. The van der Waals surface area contributed by atoms with Crippen LogP contribution in [0.4, 0.5) is 5.95 Å². The van der Waals surface area contributed by atoms with Gasteiger partial charge in [-0.2, -0.15) is 0 Å². The summed E-state index contributed by atoms with van der Waals surface area (Å²) in [5.74, 6) is 0.322. The van der Waals surface area contributed by atoms with E-state index in [0.29, 0.717) is 5.95 Å². The molecule has 0 saturated carbocycles. The van der Waals surface area contributed by atoms with Gasteiger partial charge in [0, 0.05) is 30.2 Å². The van der Waals surface area contributed by atoms with Crippen LogP contribution in [0.15, 0.2) is 49.1 Å². The van der Waals surface area contributed by atoms with Crippen LogP contribution in [-0.2, 0) is 0 Å². The van der Waals surface area contributed by atoms with E-state index in [-0.39, 0.29) is 0 Å². The van der Waals surface area contributed by atoms with E-state index >= 15 is 0 Å². The first-order valence-electron chi connectivity index (χ1n) is 4.77. The maximum absolute atomic E-state index is 5.14. The van der Waals surface area contributed by atoms with E-state index in [0.717, 1.165) is 11.0 Å². The van der Waals surface area contributed by atoms with Crippen molar-refractivity contribution in [1.82, 2.24) is 19.9 Å². The van der Waals surface area contributed by atoms with Gasteiger partial charge >= 0.3 is 0 Å². The summed E-state index contributed by atoms with van der Waals surface area (Å²) >= 11 is 0. The van der Waals surface area contributed by atoms with Crippen LogP contribution in [0.1, 0.15) is 0 Å². The first-order chi connectivity index (χ1) is 7.86. The van der Waals surface area contributed by atoms with E-state index < -0.39 is 0 Å². The number of rotatable bonds is 0. The van der Waals surface area contributed by atoms with Crippen LogP contribution in [0.3, 0.4) is 0 Å². The fraction of sp³-hybridized carbons (Fsp3) is 0. The van der Waals surface area contributed by atoms with Gasteiger partial charge in [-0.25, -0.2) is 15.0 Å². The van der Waals surface area contributed by atoms with Crippen LogP contribution in [-0.4, -0.2) is 19.9 Å². The number of fused-ring (bicyclic) bond motifs is 1. The maximum Gasteiger partial charge on any atom is 0.219 e. The molecule has 0 aliphatic heterocycles. The lowest BCUT2D eigenvalue weighted by Crippen LogP contribution is -1.90. The number of nitrogen functional groups attached to an aromatic ring is 1. The first kappa shape index (κ1) is 10.1. The molecule has 3 N–H and O–H groups in total. The molecule has 3 rings (SSSR count). The molecule has 0 spiro atoms. The van der Waals surface area contributed by atoms with E-state index in [1.807, 2.05) is 24.4 Å². The van der Waals surface area contributed by atoms with Gasteiger partial charge in [-0.15, -0.1) is 0 Å². The summed E-state index contributed by atoms with van der Waals surface area (Å²) in [6.07, 6.45) is 6.86. The highest BCUT2D eigenvalue weighted by Crippen LogP contribution is 2.05. The van der Waals surface area contributed by atoms with Crippen LogP contribution in [0, 0.1) is 0 Å². The molecule has 0 saturated heterocycles. The lowest BCUT2D eigenvalue weighted by atomic mass is 10.3. The van der Waals surface area contributed by atoms with Gasteiger partial charge in [0.15, 0.2) is 0 Å². The second kappa shape index (κ2) is 4.88. The minimum absolute atomic E-state index is 0.322. The van der Waals surface area contributed by atoms with Crippen LogP contribution in [0.5, 0.6) is 0 Å². The van der Waals surface area contributed by atoms with Crippen LogP contribution >= 0.6 is 0 Å². The second-order valence-electron chi connectivity index (χ2n) is 3.03. The molecule has 3 aromatic rings. The Balaban J connectivity index is 0.000000125. The number of hydrogen-bond acceptors (Lipinski definition) is 4. The highest BCUT2D eigenvalue weighted by atomic mass is 15.0. The zero-order valence-corrected chi connectivity index (χ0v) is 8.54. The van der Waals surface area contributed by atoms with E-state index in [9.17, 15) is 0 Å². The highest BCUT2D eigenvalue weighted by Gasteiger charge is 1.88. The Hall–Kier alpha value is -2.43. The Morgan fingerprint density at radius 2 is 1.69 bits per heavy atom. The normalized spacial score (nSPS) is 9.50. The highest BCUT2D eigenvalue weighted by molar-refractivity contribution is 5.74. The molecule has 0 aromatic carbocycles. The predicted molar refractivity (Wildman–Crippen MR) is 62.5 cm³/mol. The van der Waals surface area contributed by atoms with Crippen molar-refractivity contribution in [3.63, 3.8) is 0 Å². The second-order valence-corrected chi connectivity index (χ2v) is 3.03. The topological polar surface area (TPSA) is 80.5 Å². The standard InChI is InChI=1S/C7H6N2.C4H5N3/c1-2-6-3-5-9-7(6)8-4-1;5-4-6-2-1-3-7-4/h1-5H,(H,8,9);1-3H,(H2,5,6,7). The Labute approximate surface area is 92.4 Å². The van der Waals surface area contributed by atoms with Gasteiger partial charge in [-0.05, 0) is 24.3 Å². The number of H-pyrrole nitrogens is 1. The molecule has 5 heteroatoms. The molecule has 3 heterocycles. The zero-order valence-electron chi connectivity index (χ0n) is 8.54. The molecule has 0 fully saturated rings. The fourth-order valence-corrected chi connectivity index (χ4v) is 1.19. The smallest absolute Gasteiger partial charge is 0.219 e. The number of anilines is 1. The van der Waals surface area contributed by atoms with E-state index in [2.05, 4.69) is 19.9 Å². The Morgan fingerprint density at radius 1 is 0.938 bits per heavy atom. The van der Waals surface area contributed by atoms with Gasteiger partial charge in [-0.3, -0.25) is 0 Å². The van der Waals surface area contributed by atoms with Gasteiger partial charge in [0.1, 0.15) is 5.65 Å². The Kier molecular flexibility index (Phi) is 3.08. The molecule has 0 bridgehead atoms. The molecule has 0 unspecified atom stereocenters. The van der Waals surface area contributed by atoms with E-state index in [4.69, 9.17) is 5.73 Å². The predicted octanol–water partition coefficient (Wildman–Crippen LogP) is 1.62. The molecule has 0 aliphatic carbocycles. The number of hydrogen-bond donors (Lipinski definition) is 2. The Morgan fingerprint density at radius 3 is 2.31 bits per heavy atom. The quantitative estimate of drug-likeness (QED) is 0.594. The van der Waals surface area contributed by atoms with Gasteiger partial charge in [0.2, 0.25) is 5.95 Å². The van der Waals surface area contributed by atoms with Crippen molar-refractivity contribution in [3.05, 3.63) is 49.1 Å². The number of aromatic nitrogens is 4. The number of pyridine rings is 1. The molecular weight excluding hydrogens is 202 g/mol. The summed E-state index contributed by atoms with van der Waals surface area (Å²) in [7, 11) is 0. The van der Waals surface area contributed by atoms with Crippen molar-refractivity contribution in [2.45, 2.75) is 0 Å². The third-order valence-corrected chi connectivity index (χ3v) is 1.91. The van der Waals surface area contributed by atoms with E-state index in [1.165, 1.54) is 0 Å². The summed E-state index contributed by atoms with van der Waals surface area (Å²) in [5.41, 5.74) is 6.09. The van der Waals surface area contributed by atoms with Crippen molar-refractivity contribution in [2.75, 3.05) is 5.73 Å². The van der Waals surface area contributed by atoms with Crippen LogP contribution in [0.2, 0.25) is 0 Å². The minimum atomic E-state index is 0.322. The molecule has 16 heavy (non-hydrogen) atoms. The average Bonchev–Trinajstić information content (AvgIpc) is 2.79. The molecule has 0 amide bonds. The van der Waals surface area contributed by atoms with Crippen molar-refractivity contribution in [2.24, 2.45) is 0 Å². The number of nitrogens with zero attached hydrogens (tertiary/aromatic N) is 3. The fourth-order valence-electron chi connectivity index (χ4n) is 1.19. The monoisotopic (exact) mass is 213 g/mol. The van der Waals surface area contributed by atoms with Crippen LogP contribution in [0.25, 0.3) is 11.0 Å². The minimum Gasteiger partial charge on any atom is -0.368 e. The molecule has 0 aliphatic rings. The lowest BCUT2D eigenvalue weighted by molar-refractivity contribution is 1.19. The summed E-state index contributed by atoms with van der Waals surface area (Å²) in [6.45, 7) is 0. The van der Waals surface area contributed by atoms with Gasteiger partial charge in [-0.1, -0.05) is 0 Å². The lowest BCUT2D eigenvalue weighted by Gasteiger charge is -1.82. The zero-order chi connectivity index (χ0) is 11.2. The third kappa shape index (κ3) is 2.54. The number of nitrogens with two attached hydrogens (primary N) is 1. The average molecular weight is 213 g/mol. The molecule has 80 valence electrons. The Bertz CT molecular complexity index is 516. The third-order valence-electron chi connectivity index (χ3n) is 1.91. The van der Waals surface area contributed by atoms with Crippen molar-refractivity contribution >= 4 is 17.0 Å².